The molecule has 0 fully saturated rings. The third kappa shape index (κ3) is 4.49. The summed E-state index contributed by atoms with van der Waals surface area (Å²) >= 11 is 0. The number of aryl methyl sites for hydroxylation is 2. The molecular weight excluding hydrogens is 284 g/mol. The molecule has 22 heavy (non-hydrogen) atoms. The molecule has 0 aliphatic carbocycles. The largest absolute Gasteiger partial charge is 0.466 e. The fourth-order valence-corrected chi connectivity index (χ4v) is 1.63. The highest BCUT2D eigenvalue weighted by Crippen LogP contribution is 2.16. The number of hydrogen-bond donors (Lipinski definition) is 0. The second-order valence-electron chi connectivity index (χ2n) is 5.66. The SMILES string of the molecule is Cc1cc(OCc2nc([C@H](C)OCC(C)C)no2)nnc1C. The van der Waals surface area contributed by atoms with E-state index < -0.39 is 0 Å². The lowest BCUT2D eigenvalue weighted by Crippen LogP contribution is -2.08. The quantitative estimate of drug-likeness (QED) is 0.777. The van der Waals surface area contributed by atoms with Crippen LogP contribution in [0.2, 0.25) is 0 Å². The van der Waals surface area contributed by atoms with Crippen molar-refractivity contribution in [3.8, 4) is 5.88 Å². The van der Waals surface area contributed by atoms with E-state index in [1.165, 1.54) is 0 Å². The second-order valence-corrected chi connectivity index (χ2v) is 5.66. The summed E-state index contributed by atoms with van der Waals surface area (Å²) in [4.78, 5) is 4.27. The minimum Gasteiger partial charge on any atom is -0.466 e. The van der Waals surface area contributed by atoms with E-state index in [0.717, 1.165) is 11.3 Å². The highest BCUT2D eigenvalue weighted by Gasteiger charge is 2.15. The minimum atomic E-state index is -0.207. The van der Waals surface area contributed by atoms with Gasteiger partial charge in [-0.2, -0.15) is 10.1 Å². The molecule has 2 aromatic rings. The lowest BCUT2D eigenvalue weighted by Gasteiger charge is -2.10. The van der Waals surface area contributed by atoms with Crippen molar-refractivity contribution in [1.82, 2.24) is 20.3 Å². The fraction of sp³-hybridized carbons (Fsp3) is 0.600. The van der Waals surface area contributed by atoms with Crippen molar-refractivity contribution >= 4 is 0 Å². The molecule has 7 nitrogen and oxygen atoms in total. The van der Waals surface area contributed by atoms with Crippen LogP contribution in [0.5, 0.6) is 5.88 Å². The maximum Gasteiger partial charge on any atom is 0.264 e. The van der Waals surface area contributed by atoms with E-state index in [1.807, 2.05) is 26.8 Å². The smallest absolute Gasteiger partial charge is 0.264 e. The molecule has 0 saturated carbocycles. The Labute approximate surface area is 130 Å². The van der Waals surface area contributed by atoms with Gasteiger partial charge in [-0.05, 0) is 32.3 Å². The Morgan fingerprint density at radius 2 is 1.95 bits per heavy atom. The average Bonchev–Trinajstić information content (AvgIpc) is 2.95. The van der Waals surface area contributed by atoms with E-state index in [2.05, 4.69) is 34.2 Å². The minimum absolute atomic E-state index is 0.154. The van der Waals surface area contributed by atoms with Crippen LogP contribution < -0.4 is 4.74 Å². The van der Waals surface area contributed by atoms with Crippen LogP contribution in [-0.4, -0.2) is 26.9 Å². The van der Waals surface area contributed by atoms with Gasteiger partial charge in [-0.3, -0.25) is 0 Å². The number of hydrogen-bond acceptors (Lipinski definition) is 7. The molecule has 0 saturated heterocycles. The Hall–Kier alpha value is -2.02. The fourth-order valence-electron chi connectivity index (χ4n) is 1.63. The summed E-state index contributed by atoms with van der Waals surface area (Å²) in [5.74, 6) is 1.80. The third-order valence-electron chi connectivity index (χ3n) is 3.08. The molecule has 0 aliphatic heterocycles. The van der Waals surface area contributed by atoms with Crippen LogP contribution in [0.4, 0.5) is 0 Å². The molecule has 7 heteroatoms. The molecule has 0 aromatic carbocycles. The van der Waals surface area contributed by atoms with Crippen LogP contribution in [-0.2, 0) is 11.3 Å². The molecule has 0 radical (unpaired) electrons. The Morgan fingerprint density at radius 1 is 1.18 bits per heavy atom. The van der Waals surface area contributed by atoms with E-state index >= 15 is 0 Å². The van der Waals surface area contributed by atoms with Crippen molar-refractivity contribution in [2.45, 2.75) is 47.3 Å². The Kier molecular flexibility index (Phi) is 5.43. The van der Waals surface area contributed by atoms with Crippen molar-refractivity contribution in [1.29, 1.82) is 0 Å². The summed E-state index contributed by atoms with van der Waals surface area (Å²) in [7, 11) is 0. The molecule has 1 atom stereocenters. The van der Waals surface area contributed by atoms with Crippen molar-refractivity contribution in [3.63, 3.8) is 0 Å². The molecular formula is C15H22N4O3. The van der Waals surface area contributed by atoms with Crippen molar-refractivity contribution in [3.05, 3.63) is 29.0 Å². The lowest BCUT2D eigenvalue weighted by atomic mass is 10.2. The highest BCUT2D eigenvalue weighted by molar-refractivity contribution is 5.21. The van der Waals surface area contributed by atoms with Crippen LogP contribution in [0, 0.1) is 19.8 Å². The Morgan fingerprint density at radius 3 is 2.64 bits per heavy atom. The van der Waals surface area contributed by atoms with E-state index in [4.69, 9.17) is 14.0 Å². The first kappa shape index (κ1) is 16.4. The molecule has 0 amide bonds. The van der Waals surface area contributed by atoms with Crippen LogP contribution >= 0.6 is 0 Å². The van der Waals surface area contributed by atoms with Gasteiger partial charge in [0, 0.05) is 12.7 Å². The van der Waals surface area contributed by atoms with Gasteiger partial charge in [0.2, 0.25) is 5.88 Å². The first-order valence-electron chi connectivity index (χ1n) is 7.33. The van der Waals surface area contributed by atoms with Gasteiger partial charge in [0.25, 0.3) is 5.89 Å². The summed E-state index contributed by atoms with van der Waals surface area (Å²) in [5.41, 5.74) is 1.90. The normalized spacial score (nSPS) is 12.6. The predicted octanol–water partition coefficient (Wildman–Crippen LogP) is 2.79. The van der Waals surface area contributed by atoms with Crippen LogP contribution in [0.15, 0.2) is 10.6 Å². The number of ether oxygens (including phenoxy) is 2. The van der Waals surface area contributed by atoms with Gasteiger partial charge >= 0.3 is 0 Å². The van der Waals surface area contributed by atoms with Gasteiger partial charge in [-0.25, -0.2) is 0 Å². The van der Waals surface area contributed by atoms with Gasteiger partial charge in [-0.1, -0.05) is 19.0 Å². The molecule has 0 bridgehead atoms. The number of rotatable bonds is 7. The van der Waals surface area contributed by atoms with Gasteiger partial charge in [0.05, 0.1) is 5.69 Å². The Bertz CT molecular complexity index is 613. The maximum absolute atomic E-state index is 5.65. The standard InChI is InChI=1S/C15H22N4O3/c1-9(2)7-20-12(5)15-16-14(22-19-15)8-21-13-6-10(3)11(4)17-18-13/h6,9,12H,7-8H2,1-5H3/t12-/m0/s1. The lowest BCUT2D eigenvalue weighted by molar-refractivity contribution is 0.0402. The predicted molar refractivity (Wildman–Crippen MR) is 79.3 cm³/mol. The van der Waals surface area contributed by atoms with Gasteiger partial charge in [0.15, 0.2) is 12.4 Å². The summed E-state index contributed by atoms with van der Waals surface area (Å²) in [6.07, 6.45) is -0.207. The topological polar surface area (TPSA) is 83.2 Å². The Balaban J connectivity index is 1.90. The molecule has 0 spiro atoms. The second kappa shape index (κ2) is 7.31. The molecule has 120 valence electrons. The zero-order valence-electron chi connectivity index (χ0n) is 13.7. The third-order valence-corrected chi connectivity index (χ3v) is 3.08. The molecule has 2 aromatic heterocycles. The molecule has 2 rings (SSSR count). The van der Waals surface area contributed by atoms with Crippen molar-refractivity contribution in [2.75, 3.05) is 6.61 Å². The van der Waals surface area contributed by atoms with Crippen molar-refractivity contribution in [2.24, 2.45) is 5.92 Å². The first-order chi connectivity index (χ1) is 10.5. The molecule has 0 unspecified atom stereocenters. The van der Waals surface area contributed by atoms with Crippen molar-refractivity contribution < 1.29 is 14.0 Å². The highest BCUT2D eigenvalue weighted by atomic mass is 16.5. The monoisotopic (exact) mass is 306 g/mol. The summed E-state index contributed by atoms with van der Waals surface area (Å²) < 4.78 is 16.3. The number of aromatic nitrogens is 4. The van der Waals surface area contributed by atoms with E-state index in [-0.39, 0.29) is 12.7 Å². The summed E-state index contributed by atoms with van der Waals surface area (Å²) in [6.45, 7) is 10.7. The van der Waals surface area contributed by atoms with E-state index in [0.29, 0.717) is 30.1 Å². The first-order valence-corrected chi connectivity index (χ1v) is 7.33. The van der Waals surface area contributed by atoms with Crippen LogP contribution in [0.1, 0.15) is 49.8 Å². The average molecular weight is 306 g/mol. The number of nitrogens with zero attached hydrogens (tertiary/aromatic N) is 4. The van der Waals surface area contributed by atoms with Gasteiger partial charge in [-0.15, -0.1) is 5.10 Å². The molecule has 0 aliphatic rings. The zero-order valence-corrected chi connectivity index (χ0v) is 13.7. The molecule has 0 N–H and O–H groups in total. The van der Waals surface area contributed by atoms with Crippen LogP contribution in [0.3, 0.4) is 0 Å². The van der Waals surface area contributed by atoms with E-state index in [1.54, 1.807) is 0 Å². The van der Waals surface area contributed by atoms with Gasteiger partial charge < -0.3 is 14.0 Å². The summed E-state index contributed by atoms with van der Waals surface area (Å²) in [6, 6.07) is 1.83. The summed E-state index contributed by atoms with van der Waals surface area (Å²) in [5, 5.41) is 11.9. The zero-order chi connectivity index (χ0) is 16.1. The van der Waals surface area contributed by atoms with E-state index in [9.17, 15) is 0 Å². The molecule has 2 heterocycles. The van der Waals surface area contributed by atoms with Gasteiger partial charge in [0.1, 0.15) is 6.10 Å². The van der Waals surface area contributed by atoms with Crippen LogP contribution in [0.25, 0.3) is 0 Å². The maximum atomic E-state index is 5.65.